The van der Waals surface area contributed by atoms with Crippen LogP contribution in [0.2, 0.25) is 0 Å². The van der Waals surface area contributed by atoms with Crippen LogP contribution in [0.4, 0.5) is 0 Å². The third-order valence-electron chi connectivity index (χ3n) is 2.69. The Kier molecular flexibility index (Phi) is 2.63. The van der Waals surface area contributed by atoms with Crippen LogP contribution in [0, 0.1) is 5.92 Å². The fraction of sp³-hybridized carbons (Fsp3) is 1.00. The Hall–Kier alpha value is -0.120. The lowest BCUT2D eigenvalue weighted by atomic mass is 10.2. The van der Waals surface area contributed by atoms with Crippen LogP contribution in [0.1, 0.15) is 19.8 Å². The van der Waals surface area contributed by atoms with Crippen LogP contribution in [-0.2, 0) is 9.47 Å². The lowest BCUT2D eigenvalue weighted by Gasteiger charge is -2.22. The van der Waals surface area contributed by atoms with Crippen LogP contribution < -0.4 is 5.32 Å². The molecule has 3 unspecified atom stereocenters. The first-order chi connectivity index (χ1) is 5.86. The van der Waals surface area contributed by atoms with E-state index in [4.69, 9.17) is 9.47 Å². The molecule has 0 radical (unpaired) electrons. The van der Waals surface area contributed by atoms with Crippen LogP contribution >= 0.6 is 0 Å². The van der Waals surface area contributed by atoms with E-state index < -0.39 is 0 Å². The molecule has 3 atom stereocenters. The van der Waals surface area contributed by atoms with Gasteiger partial charge in [-0.2, -0.15) is 0 Å². The largest absolute Gasteiger partial charge is 0.355 e. The summed E-state index contributed by atoms with van der Waals surface area (Å²) in [5.41, 5.74) is 0. The van der Waals surface area contributed by atoms with Gasteiger partial charge in [-0.1, -0.05) is 6.92 Å². The molecule has 1 aliphatic carbocycles. The van der Waals surface area contributed by atoms with E-state index in [0.717, 1.165) is 31.5 Å². The van der Waals surface area contributed by atoms with Gasteiger partial charge in [-0.25, -0.2) is 0 Å². The molecule has 0 aromatic rings. The topological polar surface area (TPSA) is 30.5 Å². The maximum Gasteiger partial charge on any atom is 0.147 e. The molecule has 3 nitrogen and oxygen atoms in total. The van der Waals surface area contributed by atoms with E-state index in [-0.39, 0.29) is 0 Å². The van der Waals surface area contributed by atoms with Gasteiger partial charge < -0.3 is 14.8 Å². The molecule has 0 amide bonds. The number of rotatable bonds is 3. The van der Waals surface area contributed by atoms with Crippen molar-refractivity contribution >= 4 is 0 Å². The van der Waals surface area contributed by atoms with E-state index in [9.17, 15) is 0 Å². The van der Waals surface area contributed by atoms with Crippen LogP contribution in [0.15, 0.2) is 0 Å². The second-order valence-corrected chi connectivity index (χ2v) is 3.83. The van der Waals surface area contributed by atoms with E-state index in [1.54, 1.807) is 0 Å². The highest BCUT2D eigenvalue weighted by Gasteiger charge is 2.32. The third kappa shape index (κ3) is 2.19. The number of hydrogen-bond acceptors (Lipinski definition) is 3. The summed E-state index contributed by atoms with van der Waals surface area (Å²) in [6, 6.07) is 0.761. The van der Waals surface area contributed by atoms with Crippen LogP contribution in [0.5, 0.6) is 0 Å². The summed E-state index contributed by atoms with van der Waals surface area (Å²) < 4.78 is 10.5. The molecule has 70 valence electrons. The molecule has 2 rings (SSSR count). The van der Waals surface area contributed by atoms with Crippen molar-refractivity contribution in [3.05, 3.63) is 0 Å². The van der Waals surface area contributed by atoms with E-state index in [2.05, 4.69) is 12.2 Å². The monoisotopic (exact) mass is 171 g/mol. The Morgan fingerprint density at radius 1 is 1.50 bits per heavy atom. The van der Waals surface area contributed by atoms with Gasteiger partial charge in [-0.3, -0.25) is 0 Å². The minimum Gasteiger partial charge on any atom is -0.355 e. The number of ether oxygens (including phenoxy) is 2. The lowest BCUT2D eigenvalue weighted by molar-refractivity contribution is -0.137. The quantitative estimate of drug-likeness (QED) is 0.679. The highest BCUT2D eigenvalue weighted by atomic mass is 16.7. The molecule has 1 saturated carbocycles. The fourth-order valence-corrected chi connectivity index (χ4v) is 1.55. The standard InChI is InChI=1S/C9H17NO2/c1-7-4-9(7)10-5-8-2-3-11-6-12-8/h7-10H,2-6H2,1H3. The molecule has 1 heterocycles. The zero-order valence-electron chi connectivity index (χ0n) is 7.58. The fourth-order valence-electron chi connectivity index (χ4n) is 1.55. The lowest BCUT2D eigenvalue weighted by Crippen LogP contribution is -2.35. The summed E-state index contributed by atoms with van der Waals surface area (Å²) in [5.74, 6) is 0.879. The van der Waals surface area contributed by atoms with Gasteiger partial charge in [0.15, 0.2) is 0 Å². The average Bonchev–Trinajstić information content (AvgIpc) is 2.81. The molecule has 2 aliphatic rings. The Labute approximate surface area is 73.4 Å². The average molecular weight is 171 g/mol. The zero-order valence-corrected chi connectivity index (χ0v) is 7.58. The Bertz CT molecular complexity index is 145. The Balaban J connectivity index is 1.59. The predicted octanol–water partition coefficient (Wildman–Crippen LogP) is 0.747. The predicted molar refractivity (Wildman–Crippen MR) is 45.9 cm³/mol. The highest BCUT2D eigenvalue weighted by Crippen LogP contribution is 2.28. The van der Waals surface area contributed by atoms with Gasteiger partial charge in [0.05, 0.1) is 12.7 Å². The van der Waals surface area contributed by atoms with E-state index in [1.165, 1.54) is 6.42 Å². The van der Waals surface area contributed by atoms with Crippen molar-refractivity contribution in [3.8, 4) is 0 Å². The summed E-state index contributed by atoms with van der Waals surface area (Å²) in [4.78, 5) is 0. The molecule has 0 bridgehead atoms. The minimum absolute atomic E-state index is 0.381. The molecule has 0 aromatic heterocycles. The van der Waals surface area contributed by atoms with Crippen molar-refractivity contribution in [2.24, 2.45) is 5.92 Å². The SMILES string of the molecule is CC1CC1NCC1CCOCO1. The summed E-state index contributed by atoms with van der Waals surface area (Å²) in [5, 5.41) is 3.50. The molecular formula is C9H17NO2. The molecule has 0 spiro atoms. The third-order valence-corrected chi connectivity index (χ3v) is 2.69. The Morgan fingerprint density at radius 3 is 2.92 bits per heavy atom. The molecular weight excluding hydrogens is 154 g/mol. The molecule has 1 N–H and O–H groups in total. The first-order valence-electron chi connectivity index (χ1n) is 4.79. The molecule has 1 aliphatic heterocycles. The van der Waals surface area contributed by atoms with Gasteiger partial charge in [-0.15, -0.1) is 0 Å². The highest BCUT2D eigenvalue weighted by molar-refractivity contribution is 4.90. The van der Waals surface area contributed by atoms with Crippen molar-refractivity contribution in [1.29, 1.82) is 0 Å². The summed E-state index contributed by atoms with van der Waals surface area (Å²) in [6.45, 7) is 4.61. The second kappa shape index (κ2) is 3.73. The maximum absolute atomic E-state index is 5.41. The molecule has 3 heteroatoms. The van der Waals surface area contributed by atoms with Crippen molar-refractivity contribution in [2.75, 3.05) is 19.9 Å². The molecule has 1 saturated heterocycles. The molecule has 2 fully saturated rings. The Morgan fingerprint density at radius 2 is 2.33 bits per heavy atom. The summed E-state index contributed by atoms with van der Waals surface area (Å²) in [6.07, 6.45) is 2.75. The minimum atomic E-state index is 0.381. The van der Waals surface area contributed by atoms with Gasteiger partial charge in [0, 0.05) is 12.6 Å². The van der Waals surface area contributed by atoms with Crippen LogP contribution in [0.3, 0.4) is 0 Å². The van der Waals surface area contributed by atoms with Crippen molar-refractivity contribution < 1.29 is 9.47 Å². The van der Waals surface area contributed by atoms with Crippen molar-refractivity contribution in [2.45, 2.75) is 31.9 Å². The van der Waals surface area contributed by atoms with Crippen LogP contribution in [-0.4, -0.2) is 32.1 Å². The first-order valence-corrected chi connectivity index (χ1v) is 4.79. The zero-order chi connectivity index (χ0) is 8.39. The second-order valence-electron chi connectivity index (χ2n) is 3.83. The summed E-state index contributed by atoms with van der Waals surface area (Å²) >= 11 is 0. The van der Waals surface area contributed by atoms with Crippen LogP contribution in [0.25, 0.3) is 0 Å². The normalized spacial score (nSPS) is 41.2. The first kappa shape index (κ1) is 8.48. The smallest absolute Gasteiger partial charge is 0.147 e. The van der Waals surface area contributed by atoms with Gasteiger partial charge in [0.1, 0.15) is 6.79 Å². The van der Waals surface area contributed by atoms with Crippen molar-refractivity contribution in [3.63, 3.8) is 0 Å². The van der Waals surface area contributed by atoms with Gasteiger partial charge in [0.2, 0.25) is 0 Å². The number of nitrogens with one attached hydrogen (secondary N) is 1. The molecule has 0 aromatic carbocycles. The van der Waals surface area contributed by atoms with Crippen molar-refractivity contribution in [1.82, 2.24) is 5.32 Å². The van der Waals surface area contributed by atoms with Gasteiger partial charge in [-0.05, 0) is 18.8 Å². The molecule has 12 heavy (non-hydrogen) atoms. The maximum atomic E-state index is 5.41. The van der Waals surface area contributed by atoms with E-state index in [0.29, 0.717) is 12.9 Å². The number of hydrogen-bond donors (Lipinski definition) is 1. The van der Waals surface area contributed by atoms with Gasteiger partial charge in [0.25, 0.3) is 0 Å². The van der Waals surface area contributed by atoms with E-state index >= 15 is 0 Å². The van der Waals surface area contributed by atoms with E-state index in [1.807, 2.05) is 0 Å². The van der Waals surface area contributed by atoms with Gasteiger partial charge >= 0.3 is 0 Å². The summed E-state index contributed by atoms with van der Waals surface area (Å²) in [7, 11) is 0.